The van der Waals surface area contributed by atoms with Crippen LogP contribution in [-0.2, 0) is 32.7 Å². The van der Waals surface area contributed by atoms with E-state index in [4.69, 9.17) is 19.1 Å². The molecule has 0 bridgehead atoms. The minimum absolute atomic E-state index is 0.0181. The first-order valence-corrected chi connectivity index (χ1v) is 21.9. The molecule has 0 amide bonds. The van der Waals surface area contributed by atoms with Gasteiger partial charge >= 0.3 is 19.8 Å². The minimum atomic E-state index is -4.66. The van der Waals surface area contributed by atoms with Gasteiger partial charge in [0.25, 0.3) is 0 Å². The summed E-state index contributed by atoms with van der Waals surface area (Å²) in [5.74, 6) is -0.363. The topological polar surface area (TPSA) is 169 Å². The van der Waals surface area contributed by atoms with Gasteiger partial charge in [0.1, 0.15) is 12.7 Å². The highest BCUT2D eigenvalue weighted by Crippen LogP contribution is 2.43. The molecule has 0 aromatic rings. The molecular formula is C41H75O11P. The molecule has 0 aliphatic carbocycles. The van der Waals surface area contributed by atoms with Crippen LogP contribution in [0.25, 0.3) is 0 Å². The summed E-state index contributed by atoms with van der Waals surface area (Å²) < 4.78 is 32.5. The summed E-state index contributed by atoms with van der Waals surface area (Å²) in [4.78, 5) is 34.9. The predicted octanol–water partition coefficient (Wildman–Crippen LogP) is 9.22. The Bertz CT molecular complexity index is 1010. The maximum absolute atomic E-state index is 12.6. The maximum atomic E-state index is 12.6. The highest BCUT2D eigenvalue weighted by atomic mass is 31.2. The molecule has 2 unspecified atom stereocenters. The van der Waals surface area contributed by atoms with Gasteiger partial charge in [0.2, 0.25) is 0 Å². The van der Waals surface area contributed by atoms with E-state index < -0.39 is 64.5 Å². The second kappa shape index (κ2) is 35.8. The summed E-state index contributed by atoms with van der Waals surface area (Å²) in [5, 5.41) is 28.5. The van der Waals surface area contributed by atoms with Crippen molar-refractivity contribution < 1.29 is 52.9 Å². The fraction of sp³-hybridized carbons (Fsp3) is 0.805. The molecule has 0 saturated heterocycles. The van der Waals surface area contributed by atoms with E-state index >= 15 is 0 Å². The van der Waals surface area contributed by atoms with Crippen molar-refractivity contribution in [3.63, 3.8) is 0 Å². The van der Waals surface area contributed by atoms with Crippen LogP contribution >= 0.6 is 7.82 Å². The first-order chi connectivity index (χ1) is 25.5. The molecule has 0 aromatic carbocycles. The summed E-state index contributed by atoms with van der Waals surface area (Å²) >= 11 is 0. The Morgan fingerprint density at radius 2 is 1.28 bits per heavy atom. The molecule has 0 heterocycles. The number of rotatable bonds is 37. The van der Waals surface area contributed by atoms with E-state index in [9.17, 15) is 29.3 Å². The average molecular weight is 775 g/mol. The molecule has 0 fully saturated rings. The molecule has 0 spiro atoms. The summed E-state index contributed by atoms with van der Waals surface area (Å²) in [6.07, 6.45) is 30.2. The van der Waals surface area contributed by atoms with Crippen LogP contribution < -0.4 is 0 Å². The predicted molar refractivity (Wildman–Crippen MR) is 211 cm³/mol. The van der Waals surface area contributed by atoms with Crippen molar-refractivity contribution in [1.82, 2.24) is 0 Å². The van der Waals surface area contributed by atoms with Crippen molar-refractivity contribution in [2.24, 2.45) is 5.92 Å². The third-order valence-corrected chi connectivity index (χ3v) is 9.53. The Labute approximate surface area is 321 Å². The van der Waals surface area contributed by atoms with Crippen molar-refractivity contribution in [1.29, 1.82) is 0 Å². The van der Waals surface area contributed by atoms with Gasteiger partial charge in [-0.25, -0.2) is 4.57 Å². The van der Waals surface area contributed by atoms with Crippen LogP contribution in [-0.4, -0.2) is 76.9 Å². The Kier molecular flexibility index (Phi) is 34.6. The second-order valence-electron chi connectivity index (χ2n) is 14.3. The zero-order chi connectivity index (χ0) is 39.4. The van der Waals surface area contributed by atoms with E-state index in [1.54, 1.807) is 12.2 Å². The molecule has 53 heavy (non-hydrogen) atoms. The van der Waals surface area contributed by atoms with Crippen LogP contribution in [0, 0.1) is 5.92 Å². The quantitative estimate of drug-likeness (QED) is 0.0156. The van der Waals surface area contributed by atoms with Crippen LogP contribution in [0.15, 0.2) is 36.5 Å². The molecule has 12 heteroatoms. The van der Waals surface area contributed by atoms with Gasteiger partial charge in [-0.15, -0.1) is 0 Å². The third-order valence-electron chi connectivity index (χ3n) is 8.58. The van der Waals surface area contributed by atoms with Crippen molar-refractivity contribution in [2.75, 3.05) is 26.4 Å². The summed E-state index contributed by atoms with van der Waals surface area (Å²) in [5.41, 5.74) is 0. The van der Waals surface area contributed by atoms with Gasteiger partial charge in [0, 0.05) is 12.8 Å². The third kappa shape index (κ3) is 36.9. The SMILES string of the molecule is CCCCCCCC/C=C/C/C=C/C=C/C(O)CCCC(=O)OC[C@H](COP(=O)(O)OC[C@@H](O)CO)OC(=O)CCCCCCCCCCCC(C)C. The molecule has 0 rings (SSSR count). The molecule has 11 nitrogen and oxygen atoms in total. The fourth-order valence-corrected chi connectivity index (χ4v) is 6.15. The Morgan fingerprint density at radius 3 is 1.94 bits per heavy atom. The highest BCUT2D eigenvalue weighted by molar-refractivity contribution is 7.47. The number of allylic oxidation sites excluding steroid dienone is 5. The number of hydrogen-bond acceptors (Lipinski definition) is 10. The summed E-state index contributed by atoms with van der Waals surface area (Å²) in [6, 6.07) is 0. The van der Waals surface area contributed by atoms with Crippen molar-refractivity contribution in [2.45, 2.75) is 180 Å². The molecule has 4 atom stereocenters. The largest absolute Gasteiger partial charge is 0.472 e. The van der Waals surface area contributed by atoms with E-state index in [-0.39, 0.29) is 12.8 Å². The van der Waals surface area contributed by atoms with E-state index in [0.717, 1.165) is 38.0 Å². The lowest BCUT2D eigenvalue weighted by molar-refractivity contribution is -0.161. The minimum Gasteiger partial charge on any atom is -0.462 e. The molecule has 0 aromatic heterocycles. The van der Waals surface area contributed by atoms with E-state index in [2.05, 4.69) is 37.4 Å². The molecule has 4 N–H and O–H groups in total. The number of carbonyl (C=O) groups excluding carboxylic acids is 2. The smallest absolute Gasteiger partial charge is 0.462 e. The van der Waals surface area contributed by atoms with Gasteiger partial charge in [-0.1, -0.05) is 147 Å². The first-order valence-electron chi connectivity index (χ1n) is 20.4. The van der Waals surface area contributed by atoms with Crippen LogP contribution in [0.4, 0.5) is 0 Å². The van der Waals surface area contributed by atoms with Gasteiger partial charge in [0.15, 0.2) is 6.10 Å². The summed E-state index contributed by atoms with van der Waals surface area (Å²) in [6.45, 7) is 4.42. The number of unbranched alkanes of at least 4 members (excludes halogenated alkanes) is 14. The lowest BCUT2D eigenvalue weighted by atomic mass is 10.0. The normalized spacial score (nSPS) is 15.0. The number of esters is 2. The molecule has 0 radical (unpaired) electrons. The van der Waals surface area contributed by atoms with Gasteiger partial charge in [0.05, 0.1) is 25.9 Å². The Balaban J connectivity index is 4.51. The van der Waals surface area contributed by atoms with Gasteiger partial charge in [-0.3, -0.25) is 18.6 Å². The average Bonchev–Trinajstić information content (AvgIpc) is 3.12. The standard InChI is InChI=1S/C41H75O11P/c1-4-5-6-7-8-9-10-11-12-15-18-21-24-28-37(43)29-26-31-40(45)49-34-39(35-51-53(47,48)50-33-38(44)32-42)52-41(46)30-25-22-19-16-13-14-17-20-23-27-36(2)3/h11-12,18,21,24,28,36-39,42-44H,4-10,13-17,19-20,22-23,25-27,29-35H2,1-3H3,(H,47,48)/b12-11+,21-18+,28-24+/t37?,38-,39+/m0/s1. The zero-order valence-corrected chi connectivity index (χ0v) is 34.1. The molecule has 0 aliphatic rings. The number of phosphoric acid groups is 1. The van der Waals surface area contributed by atoms with Gasteiger partial charge < -0.3 is 29.7 Å². The number of hydrogen-bond donors (Lipinski definition) is 4. The van der Waals surface area contributed by atoms with Crippen LogP contribution in [0.5, 0.6) is 0 Å². The van der Waals surface area contributed by atoms with E-state index in [1.165, 1.54) is 77.0 Å². The van der Waals surface area contributed by atoms with Crippen LogP contribution in [0.2, 0.25) is 0 Å². The van der Waals surface area contributed by atoms with Crippen molar-refractivity contribution in [3.05, 3.63) is 36.5 Å². The molecule has 0 saturated carbocycles. The lowest BCUT2D eigenvalue weighted by Crippen LogP contribution is -2.30. The lowest BCUT2D eigenvalue weighted by Gasteiger charge is -2.20. The van der Waals surface area contributed by atoms with Crippen LogP contribution in [0.1, 0.15) is 162 Å². The first kappa shape index (κ1) is 51.1. The Hall–Kier alpha value is -1.85. The highest BCUT2D eigenvalue weighted by Gasteiger charge is 2.27. The zero-order valence-electron chi connectivity index (χ0n) is 33.3. The molecule has 310 valence electrons. The number of carbonyl (C=O) groups is 2. The van der Waals surface area contributed by atoms with Crippen molar-refractivity contribution in [3.8, 4) is 0 Å². The number of phosphoric ester groups is 1. The Morgan fingerprint density at radius 1 is 0.679 bits per heavy atom. The molecule has 0 aliphatic heterocycles. The molecular weight excluding hydrogens is 699 g/mol. The van der Waals surface area contributed by atoms with Gasteiger partial charge in [-0.2, -0.15) is 0 Å². The monoisotopic (exact) mass is 775 g/mol. The van der Waals surface area contributed by atoms with Crippen LogP contribution in [0.3, 0.4) is 0 Å². The van der Waals surface area contributed by atoms with E-state index in [1.807, 2.05) is 12.2 Å². The van der Waals surface area contributed by atoms with E-state index in [0.29, 0.717) is 19.3 Å². The summed E-state index contributed by atoms with van der Waals surface area (Å²) in [7, 11) is -4.66. The van der Waals surface area contributed by atoms with Crippen molar-refractivity contribution >= 4 is 19.8 Å². The fourth-order valence-electron chi connectivity index (χ4n) is 5.36. The van der Waals surface area contributed by atoms with Gasteiger partial charge in [-0.05, 0) is 44.4 Å². The number of ether oxygens (including phenoxy) is 2. The maximum Gasteiger partial charge on any atom is 0.472 e. The number of aliphatic hydroxyl groups is 3. The second-order valence-corrected chi connectivity index (χ2v) is 15.8. The number of aliphatic hydroxyl groups excluding tert-OH is 3.